The van der Waals surface area contributed by atoms with Gasteiger partial charge in [0, 0.05) is 29.1 Å². The standard InChI is InChI=1S/C47H36/c1-47(2)44-20-8-7-17-39(44)40-22-21-31(28-45(40)47)33-24-23-32(35-13-3-4-14-36(33)35)29-11-9-12-30(27-29)34-25-26-43-38-16-6-5-15-37(38)42-19-10-18-41(34)46(42)43/h3-28,37-38,41,46H,1-2H3. The van der Waals surface area contributed by atoms with Crippen LogP contribution in [-0.4, -0.2) is 0 Å². The van der Waals surface area contributed by atoms with Crippen LogP contribution in [0.3, 0.4) is 0 Å². The summed E-state index contributed by atoms with van der Waals surface area (Å²) in [5.41, 5.74) is 16.6. The second-order valence-corrected chi connectivity index (χ2v) is 14.4. The Kier molecular flexibility index (Phi) is 5.68. The maximum Gasteiger partial charge on any atom is 0.0159 e. The molecule has 0 radical (unpaired) electrons. The van der Waals surface area contributed by atoms with Crippen molar-refractivity contribution < 1.29 is 0 Å². The molecule has 0 heterocycles. The van der Waals surface area contributed by atoms with Gasteiger partial charge in [-0.2, -0.15) is 0 Å². The van der Waals surface area contributed by atoms with Gasteiger partial charge in [-0.25, -0.2) is 0 Å². The van der Waals surface area contributed by atoms with E-state index in [9.17, 15) is 0 Å². The molecule has 5 aliphatic rings. The predicted molar refractivity (Wildman–Crippen MR) is 198 cm³/mol. The monoisotopic (exact) mass is 600 g/mol. The molecule has 224 valence electrons. The van der Waals surface area contributed by atoms with E-state index in [-0.39, 0.29) is 5.41 Å². The molecule has 10 rings (SSSR count). The highest BCUT2D eigenvalue weighted by atomic mass is 14.5. The second-order valence-electron chi connectivity index (χ2n) is 14.4. The molecule has 0 bridgehead atoms. The molecule has 4 atom stereocenters. The van der Waals surface area contributed by atoms with Gasteiger partial charge < -0.3 is 0 Å². The molecule has 5 aromatic rings. The third-order valence-corrected chi connectivity index (χ3v) is 11.7. The maximum atomic E-state index is 2.44. The van der Waals surface area contributed by atoms with E-state index in [2.05, 4.69) is 172 Å². The fourth-order valence-electron chi connectivity index (χ4n) is 9.50. The van der Waals surface area contributed by atoms with Crippen LogP contribution in [0.1, 0.15) is 30.5 Å². The van der Waals surface area contributed by atoms with Gasteiger partial charge in [0.15, 0.2) is 0 Å². The lowest BCUT2D eigenvalue weighted by Gasteiger charge is -2.32. The lowest BCUT2D eigenvalue weighted by atomic mass is 9.72. The molecule has 47 heavy (non-hydrogen) atoms. The van der Waals surface area contributed by atoms with Crippen LogP contribution in [0.4, 0.5) is 0 Å². The molecule has 0 amide bonds. The Hall–Kier alpha value is -5.20. The third-order valence-electron chi connectivity index (χ3n) is 11.7. The minimum absolute atomic E-state index is 0.0180. The Morgan fingerprint density at radius 3 is 1.85 bits per heavy atom. The van der Waals surface area contributed by atoms with Crippen LogP contribution in [-0.2, 0) is 5.41 Å². The van der Waals surface area contributed by atoms with E-state index in [1.165, 1.54) is 66.4 Å². The van der Waals surface area contributed by atoms with Gasteiger partial charge in [0.25, 0.3) is 0 Å². The normalized spacial score (nSPS) is 23.8. The van der Waals surface area contributed by atoms with Crippen molar-refractivity contribution in [3.8, 4) is 33.4 Å². The van der Waals surface area contributed by atoms with Gasteiger partial charge >= 0.3 is 0 Å². The van der Waals surface area contributed by atoms with E-state index in [0.29, 0.717) is 23.7 Å². The number of fused-ring (bicyclic) bond motifs is 7. The molecule has 1 fully saturated rings. The summed E-state index contributed by atoms with van der Waals surface area (Å²) in [4.78, 5) is 0. The first kappa shape index (κ1) is 27.0. The van der Waals surface area contributed by atoms with Crippen molar-refractivity contribution in [1.29, 1.82) is 0 Å². The van der Waals surface area contributed by atoms with Crippen LogP contribution >= 0.6 is 0 Å². The van der Waals surface area contributed by atoms with E-state index in [1.807, 2.05) is 0 Å². The molecule has 0 heteroatoms. The molecule has 0 aliphatic heterocycles. The summed E-state index contributed by atoms with van der Waals surface area (Å²) >= 11 is 0. The van der Waals surface area contributed by atoms with E-state index in [1.54, 1.807) is 11.1 Å². The van der Waals surface area contributed by atoms with Crippen LogP contribution in [0.15, 0.2) is 169 Å². The summed E-state index contributed by atoms with van der Waals surface area (Å²) in [6.45, 7) is 4.73. The highest BCUT2D eigenvalue weighted by Crippen LogP contribution is 2.57. The Labute approximate surface area is 277 Å². The Morgan fingerprint density at radius 2 is 1.06 bits per heavy atom. The van der Waals surface area contributed by atoms with E-state index >= 15 is 0 Å². The van der Waals surface area contributed by atoms with E-state index in [4.69, 9.17) is 0 Å². The van der Waals surface area contributed by atoms with Crippen LogP contribution in [0.5, 0.6) is 0 Å². The smallest absolute Gasteiger partial charge is 0.0159 e. The molecule has 1 saturated carbocycles. The summed E-state index contributed by atoms with van der Waals surface area (Å²) in [6, 6.07) is 38.9. The maximum absolute atomic E-state index is 2.44. The number of benzene rings is 5. The molecule has 5 aromatic carbocycles. The predicted octanol–water partition coefficient (Wildman–Crippen LogP) is 11.9. The molecule has 0 spiro atoms. The molecule has 0 N–H and O–H groups in total. The SMILES string of the molecule is CC1(C)c2ccccc2-c2ccc(-c3ccc(-c4cccc(C5=CC=C6C7C=CC=CC7C7=CC=CC5C76)c4)c4ccccc34)cc21. The Bertz CT molecular complexity index is 2350. The molecule has 0 saturated heterocycles. The number of hydrogen-bond acceptors (Lipinski definition) is 0. The summed E-state index contributed by atoms with van der Waals surface area (Å²) in [5, 5.41) is 2.60. The van der Waals surface area contributed by atoms with Gasteiger partial charge in [0.05, 0.1) is 0 Å². The van der Waals surface area contributed by atoms with Crippen LogP contribution in [0.25, 0.3) is 49.7 Å². The molecule has 0 aromatic heterocycles. The quantitative estimate of drug-likeness (QED) is 0.193. The number of rotatable bonds is 3. The fraction of sp³-hybridized carbons (Fsp3) is 0.149. The van der Waals surface area contributed by atoms with Crippen molar-refractivity contribution in [3.63, 3.8) is 0 Å². The van der Waals surface area contributed by atoms with Crippen LogP contribution in [0, 0.1) is 23.7 Å². The average Bonchev–Trinajstić information content (AvgIpc) is 3.57. The average molecular weight is 601 g/mol. The van der Waals surface area contributed by atoms with Gasteiger partial charge in [-0.05, 0) is 78.5 Å². The van der Waals surface area contributed by atoms with E-state index < -0.39 is 0 Å². The first-order chi connectivity index (χ1) is 23.1. The van der Waals surface area contributed by atoms with Crippen LogP contribution in [0.2, 0.25) is 0 Å². The zero-order valence-electron chi connectivity index (χ0n) is 26.8. The lowest BCUT2D eigenvalue weighted by Crippen LogP contribution is -2.20. The zero-order valence-corrected chi connectivity index (χ0v) is 26.8. The molecule has 0 nitrogen and oxygen atoms in total. The molecular formula is C47H36. The minimum atomic E-state index is -0.0180. The summed E-state index contributed by atoms with van der Waals surface area (Å²) in [7, 11) is 0. The second kappa shape index (κ2) is 9.90. The first-order valence-electron chi connectivity index (χ1n) is 17.1. The molecular weight excluding hydrogens is 565 g/mol. The number of hydrogen-bond donors (Lipinski definition) is 0. The highest BCUT2D eigenvalue weighted by Gasteiger charge is 2.46. The van der Waals surface area contributed by atoms with Gasteiger partial charge in [-0.3, -0.25) is 0 Å². The van der Waals surface area contributed by atoms with Crippen molar-refractivity contribution in [2.45, 2.75) is 19.3 Å². The Balaban J connectivity index is 1.05. The van der Waals surface area contributed by atoms with E-state index in [0.717, 1.165) is 0 Å². The van der Waals surface area contributed by atoms with Gasteiger partial charge in [-0.1, -0.05) is 171 Å². The summed E-state index contributed by atoms with van der Waals surface area (Å²) in [6.07, 6.45) is 21.2. The largest absolute Gasteiger partial charge is 0.0764 e. The van der Waals surface area contributed by atoms with Crippen molar-refractivity contribution in [2.24, 2.45) is 23.7 Å². The Morgan fingerprint density at radius 1 is 0.447 bits per heavy atom. The first-order valence-corrected chi connectivity index (χ1v) is 17.1. The fourth-order valence-corrected chi connectivity index (χ4v) is 9.50. The topological polar surface area (TPSA) is 0 Å². The van der Waals surface area contributed by atoms with Gasteiger partial charge in [0.2, 0.25) is 0 Å². The molecule has 4 unspecified atom stereocenters. The third kappa shape index (κ3) is 3.82. The summed E-state index contributed by atoms with van der Waals surface area (Å²) in [5.74, 6) is 1.85. The van der Waals surface area contributed by atoms with Crippen LogP contribution < -0.4 is 0 Å². The van der Waals surface area contributed by atoms with Crippen molar-refractivity contribution in [1.82, 2.24) is 0 Å². The van der Waals surface area contributed by atoms with Crippen molar-refractivity contribution >= 4 is 16.3 Å². The zero-order chi connectivity index (χ0) is 31.3. The highest BCUT2D eigenvalue weighted by molar-refractivity contribution is 6.05. The number of allylic oxidation sites excluding steroid dienone is 12. The van der Waals surface area contributed by atoms with Crippen molar-refractivity contribution in [2.75, 3.05) is 0 Å². The van der Waals surface area contributed by atoms with Crippen molar-refractivity contribution in [3.05, 3.63) is 186 Å². The summed E-state index contributed by atoms with van der Waals surface area (Å²) < 4.78 is 0. The van der Waals surface area contributed by atoms with Gasteiger partial charge in [0.1, 0.15) is 0 Å². The minimum Gasteiger partial charge on any atom is -0.0764 e. The van der Waals surface area contributed by atoms with Gasteiger partial charge in [-0.15, -0.1) is 0 Å². The lowest BCUT2D eigenvalue weighted by molar-refractivity contribution is 0.623. The molecule has 5 aliphatic carbocycles.